The second kappa shape index (κ2) is 7.24. The topological polar surface area (TPSA) is 61.4 Å². The molecule has 1 heterocycles. The summed E-state index contributed by atoms with van der Waals surface area (Å²) in [4.78, 5) is 2.57. The third-order valence-electron chi connectivity index (χ3n) is 3.94. The first-order chi connectivity index (χ1) is 10.1. The molecular weight excluding hydrogens is 286 g/mol. The monoisotopic (exact) mass is 311 g/mol. The molecule has 1 aliphatic heterocycles. The molecule has 0 bridgehead atoms. The number of benzene rings is 1. The van der Waals surface area contributed by atoms with Crippen LogP contribution in [0.15, 0.2) is 29.2 Å². The second-order valence-electron chi connectivity index (χ2n) is 5.42. The van der Waals surface area contributed by atoms with E-state index in [4.69, 9.17) is 0 Å². The third-order valence-corrected chi connectivity index (χ3v) is 5.45. The Balaban J connectivity index is 2.21. The zero-order valence-electron chi connectivity index (χ0n) is 12.8. The minimum absolute atomic E-state index is 0.390. The number of hydrogen-bond donors (Lipinski definition) is 2. The van der Waals surface area contributed by atoms with Gasteiger partial charge in [-0.2, -0.15) is 0 Å². The zero-order chi connectivity index (χ0) is 15.3. The number of hydrogen-bond acceptors (Lipinski definition) is 4. The van der Waals surface area contributed by atoms with Crippen LogP contribution in [-0.2, 0) is 10.0 Å². The molecule has 1 aromatic rings. The molecular formula is C15H25N3O2S. The van der Waals surface area contributed by atoms with Crippen LogP contribution in [0, 0.1) is 0 Å². The Morgan fingerprint density at radius 1 is 1.24 bits per heavy atom. The van der Waals surface area contributed by atoms with Gasteiger partial charge in [-0.3, -0.25) is 0 Å². The van der Waals surface area contributed by atoms with Crippen LogP contribution in [0.1, 0.15) is 26.2 Å². The van der Waals surface area contributed by atoms with Crippen molar-refractivity contribution in [3.05, 3.63) is 24.3 Å². The molecule has 0 saturated carbocycles. The van der Waals surface area contributed by atoms with Crippen LogP contribution < -0.4 is 14.9 Å². The van der Waals surface area contributed by atoms with Gasteiger partial charge in [0, 0.05) is 25.7 Å². The maximum Gasteiger partial charge on any atom is 0.242 e. The summed E-state index contributed by atoms with van der Waals surface area (Å²) in [5.74, 6) is 0. The van der Waals surface area contributed by atoms with E-state index < -0.39 is 10.0 Å². The summed E-state index contributed by atoms with van der Waals surface area (Å²) in [7, 11) is -1.45. The molecule has 6 heteroatoms. The number of sulfonamides is 1. The lowest BCUT2D eigenvalue weighted by Crippen LogP contribution is -2.42. The highest BCUT2D eigenvalue weighted by Gasteiger charge is 2.24. The molecule has 0 aliphatic carbocycles. The van der Waals surface area contributed by atoms with Gasteiger partial charge in [-0.05, 0) is 38.4 Å². The molecule has 0 spiro atoms. The first-order valence-electron chi connectivity index (χ1n) is 7.59. The summed E-state index contributed by atoms with van der Waals surface area (Å²) in [5, 5.41) is 3.29. The third kappa shape index (κ3) is 3.96. The smallest absolute Gasteiger partial charge is 0.242 e. The molecule has 0 radical (unpaired) electrons. The summed E-state index contributed by atoms with van der Waals surface area (Å²) in [6.07, 6.45) is 2.86. The van der Waals surface area contributed by atoms with Gasteiger partial charge in [0.2, 0.25) is 10.0 Å². The Kier molecular flexibility index (Phi) is 5.61. The van der Waals surface area contributed by atoms with Crippen LogP contribution >= 0.6 is 0 Å². The number of rotatable bonds is 6. The van der Waals surface area contributed by atoms with Gasteiger partial charge in [-0.1, -0.05) is 19.1 Å². The van der Waals surface area contributed by atoms with Crippen LogP contribution in [-0.4, -0.2) is 41.1 Å². The highest BCUT2D eigenvalue weighted by molar-refractivity contribution is 7.89. The standard InChI is InChI=1S/C15H25N3O2S/c1-3-10-17-21(19,20)15-7-5-4-6-14(15)18-11-8-13(16-2)9-12-18/h4-7,13,16-17H,3,8-12H2,1-2H3. The first-order valence-corrected chi connectivity index (χ1v) is 9.07. The number of nitrogens with one attached hydrogen (secondary N) is 2. The first kappa shape index (κ1) is 16.3. The van der Waals surface area contributed by atoms with Crippen molar-refractivity contribution in [3.63, 3.8) is 0 Å². The van der Waals surface area contributed by atoms with E-state index in [-0.39, 0.29) is 0 Å². The van der Waals surface area contributed by atoms with Crippen molar-refractivity contribution in [1.82, 2.24) is 10.0 Å². The van der Waals surface area contributed by atoms with Gasteiger partial charge in [0.15, 0.2) is 0 Å². The van der Waals surface area contributed by atoms with Crippen LogP contribution in [0.2, 0.25) is 0 Å². The molecule has 2 N–H and O–H groups in total. The SMILES string of the molecule is CCCNS(=O)(=O)c1ccccc1N1CCC(NC)CC1. The van der Waals surface area contributed by atoms with Gasteiger partial charge in [0.25, 0.3) is 0 Å². The predicted molar refractivity (Wildman–Crippen MR) is 86.2 cm³/mol. The largest absolute Gasteiger partial charge is 0.370 e. The van der Waals surface area contributed by atoms with Crippen LogP contribution in [0.3, 0.4) is 0 Å². The number of nitrogens with zero attached hydrogens (tertiary/aromatic N) is 1. The molecule has 0 amide bonds. The van der Waals surface area contributed by atoms with E-state index in [2.05, 4.69) is 14.9 Å². The van der Waals surface area contributed by atoms with Crippen molar-refractivity contribution in [2.75, 3.05) is 31.6 Å². The average Bonchev–Trinajstić information content (AvgIpc) is 2.53. The van der Waals surface area contributed by atoms with Gasteiger partial charge < -0.3 is 10.2 Å². The highest BCUT2D eigenvalue weighted by Crippen LogP contribution is 2.27. The molecule has 1 fully saturated rings. The minimum atomic E-state index is -3.43. The average molecular weight is 311 g/mol. The molecule has 5 nitrogen and oxygen atoms in total. The fourth-order valence-corrected chi connectivity index (χ4v) is 4.03. The molecule has 0 atom stereocenters. The Morgan fingerprint density at radius 3 is 2.52 bits per heavy atom. The Morgan fingerprint density at radius 2 is 1.90 bits per heavy atom. The van der Waals surface area contributed by atoms with Crippen molar-refractivity contribution in [2.24, 2.45) is 0 Å². The lowest BCUT2D eigenvalue weighted by Gasteiger charge is -2.34. The molecule has 21 heavy (non-hydrogen) atoms. The summed E-state index contributed by atoms with van der Waals surface area (Å²) < 4.78 is 27.5. The maximum atomic E-state index is 12.4. The van der Waals surface area contributed by atoms with E-state index in [1.165, 1.54) is 0 Å². The van der Waals surface area contributed by atoms with Gasteiger partial charge in [-0.25, -0.2) is 13.1 Å². The zero-order valence-corrected chi connectivity index (χ0v) is 13.6. The Bertz CT molecular complexity index is 552. The van der Waals surface area contributed by atoms with E-state index in [1.54, 1.807) is 12.1 Å². The van der Waals surface area contributed by atoms with Crippen LogP contribution in [0.25, 0.3) is 0 Å². The van der Waals surface area contributed by atoms with Crippen molar-refractivity contribution in [1.29, 1.82) is 0 Å². The Labute approximate surface area is 127 Å². The van der Waals surface area contributed by atoms with Gasteiger partial charge >= 0.3 is 0 Å². The molecule has 1 aromatic carbocycles. The van der Waals surface area contributed by atoms with E-state index in [0.717, 1.165) is 38.0 Å². The van der Waals surface area contributed by atoms with E-state index in [9.17, 15) is 8.42 Å². The van der Waals surface area contributed by atoms with E-state index in [0.29, 0.717) is 17.5 Å². The number of piperidine rings is 1. The van der Waals surface area contributed by atoms with Crippen LogP contribution in [0.4, 0.5) is 5.69 Å². The summed E-state index contributed by atoms with van der Waals surface area (Å²) in [5.41, 5.74) is 0.815. The summed E-state index contributed by atoms with van der Waals surface area (Å²) in [6.45, 7) is 4.19. The van der Waals surface area contributed by atoms with Gasteiger partial charge in [0.05, 0.1) is 5.69 Å². The molecule has 1 saturated heterocycles. The minimum Gasteiger partial charge on any atom is -0.370 e. The Hall–Kier alpha value is -1.11. The molecule has 118 valence electrons. The quantitative estimate of drug-likeness (QED) is 0.837. The van der Waals surface area contributed by atoms with E-state index >= 15 is 0 Å². The van der Waals surface area contributed by atoms with E-state index in [1.807, 2.05) is 26.1 Å². The molecule has 2 rings (SSSR count). The molecule has 1 aliphatic rings. The maximum absolute atomic E-state index is 12.4. The van der Waals surface area contributed by atoms with Crippen molar-refractivity contribution in [2.45, 2.75) is 37.1 Å². The van der Waals surface area contributed by atoms with Gasteiger partial charge in [-0.15, -0.1) is 0 Å². The lowest BCUT2D eigenvalue weighted by molar-refractivity contribution is 0.441. The fraction of sp³-hybridized carbons (Fsp3) is 0.600. The van der Waals surface area contributed by atoms with Crippen molar-refractivity contribution < 1.29 is 8.42 Å². The normalized spacial score (nSPS) is 17.1. The van der Waals surface area contributed by atoms with Crippen LogP contribution in [0.5, 0.6) is 0 Å². The molecule has 0 aromatic heterocycles. The number of anilines is 1. The summed E-state index contributed by atoms with van der Waals surface area (Å²) in [6, 6.07) is 7.81. The van der Waals surface area contributed by atoms with Crippen molar-refractivity contribution in [3.8, 4) is 0 Å². The highest BCUT2D eigenvalue weighted by atomic mass is 32.2. The van der Waals surface area contributed by atoms with Gasteiger partial charge in [0.1, 0.15) is 4.90 Å². The van der Waals surface area contributed by atoms with Crippen molar-refractivity contribution >= 4 is 15.7 Å². The fourth-order valence-electron chi connectivity index (χ4n) is 2.67. The second-order valence-corrected chi connectivity index (χ2v) is 7.15. The lowest BCUT2D eigenvalue weighted by atomic mass is 10.0. The molecule has 0 unspecified atom stereocenters. The summed E-state index contributed by atoms with van der Waals surface area (Å²) >= 11 is 0. The number of para-hydroxylation sites is 1. The predicted octanol–water partition coefficient (Wildman–Crippen LogP) is 1.56.